The first-order chi connectivity index (χ1) is 7.25. The van der Waals surface area contributed by atoms with E-state index in [1.165, 1.54) is 0 Å². The van der Waals surface area contributed by atoms with Gasteiger partial charge in [0.25, 0.3) is 0 Å². The van der Waals surface area contributed by atoms with E-state index in [-0.39, 0.29) is 0 Å². The Kier molecular flexibility index (Phi) is 2.97. The summed E-state index contributed by atoms with van der Waals surface area (Å²) in [6.07, 6.45) is 7.12. The minimum atomic E-state index is 0.937. The number of halogens is 1. The summed E-state index contributed by atoms with van der Waals surface area (Å²) in [5, 5.41) is 3.26. The molecule has 0 aliphatic heterocycles. The second-order valence-corrected chi connectivity index (χ2v) is 4.09. The first kappa shape index (κ1) is 10.1. The highest BCUT2D eigenvalue weighted by Gasteiger charge is 1.99. The van der Waals surface area contributed by atoms with Gasteiger partial charge in [-0.05, 0) is 40.5 Å². The zero-order valence-corrected chi connectivity index (χ0v) is 9.82. The maximum Gasteiger partial charge on any atom is 0.0593 e. The number of aromatic nitrogens is 2. The Hall–Kier alpha value is -1.42. The van der Waals surface area contributed by atoms with Crippen molar-refractivity contribution in [2.75, 3.05) is 5.32 Å². The molecule has 0 spiro atoms. The zero-order valence-electron chi connectivity index (χ0n) is 8.24. The molecule has 0 aliphatic rings. The molecule has 0 unspecified atom stereocenters. The summed E-state index contributed by atoms with van der Waals surface area (Å²) in [5.41, 5.74) is 3.09. The third kappa shape index (κ3) is 2.53. The number of rotatable bonds is 2. The molecular formula is C11H10BrN3. The summed E-state index contributed by atoms with van der Waals surface area (Å²) >= 11 is 3.43. The van der Waals surface area contributed by atoms with Gasteiger partial charge >= 0.3 is 0 Å². The van der Waals surface area contributed by atoms with E-state index in [4.69, 9.17) is 0 Å². The fraction of sp³-hybridized carbons (Fsp3) is 0.0909. The van der Waals surface area contributed by atoms with Crippen molar-refractivity contribution in [2.45, 2.75) is 6.92 Å². The molecule has 0 radical (unpaired) electrons. The first-order valence-corrected chi connectivity index (χ1v) is 5.33. The third-order valence-corrected chi connectivity index (χ3v) is 2.56. The summed E-state index contributed by atoms with van der Waals surface area (Å²) in [5.74, 6) is 0. The Morgan fingerprint density at radius 1 is 1.20 bits per heavy atom. The van der Waals surface area contributed by atoms with Crippen molar-refractivity contribution < 1.29 is 0 Å². The number of anilines is 2. The highest BCUT2D eigenvalue weighted by atomic mass is 79.9. The quantitative estimate of drug-likeness (QED) is 0.904. The number of hydrogen-bond donors (Lipinski definition) is 1. The van der Waals surface area contributed by atoms with Crippen LogP contribution in [0.3, 0.4) is 0 Å². The average Bonchev–Trinajstić information content (AvgIpc) is 2.22. The van der Waals surface area contributed by atoms with Crippen LogP contribution >= 0.6 is 15.9 Å². The van der Waals surface area contributed by atoms with Crippen LogP contribution in [-0.4, -0.2) is 9.97 Å². The predicted molar refractivity (Wildman–Crippen MR) is 64.2 cm³/mol. The molecule has 0 atom stereocenters. The van der Waals surface area contributed by atoms with Gasteiger partial charge in [-0.2, -0.15) is 0 Å². The molecule has 0 fully saturated rings. The van der Waals surface area contributed by atoms with Crippen LogP contribution in [0.1, 0.15) is 5.56 Å². The van der Waals surface area contributed by atoms with E-state index in [1.807, 2.05) is 25.3 Å². The van der Waals surface area contributed by atoms with Crippen molar-refractivity contribution in [3.63, 3.8) is 0 Å². The SMILES string of the molecule is Cc1cncc(Nc2ccncc2Br)c1. The Balaban J connectivity index is 2.26. The monoisotopic (exact) mass is 263 g/mol. The summed E-state index contributed by atoms with van der Waals surface area (Å²) in [6.45, 7) is 2.01. The van der Waals surface area contributed by atoms with Crippen LogP contribution in [0.4, 0.5) is 11.4 Å². The largest absolute Gasteiger partial charge is 0.353 e. The second kappa shape index (κ2) is 4.40. The van der Waals surface area contributed by atoms with Gasteiger partial charge in [-0.1, -0.05) is 0 Å². The molecule has 2 heterocycles. The molecule has 0 saturated carbocycles. The van der Waals surface area contributed by atoms with E-state index in [2.05, 4.69) is 31.2 Å². The van der Waals surface area contributed by atoms with E-state index in [0.29, 0.717) is 0 Å². The van der Waals surface area contributed by atoms with E-state index in [0.717, 1.165) is 21.4 Å². The van der Waals surface area contributed by atoms with Gasteiger partial charge in [0.15, 0.2) is 0 Å². The van der Waals surface area contributed by atoms with Crippen LogP contribution in [-0.2, 0) is 0 Å². The van der Waals surface area contributed by atoms with Crippen molar-refractivity contribution in [3.05, 3.63) is 47.0 Å². The van der Waals surface area contributed by atoms with Gasteiger partial charge in [-0.15, -0.1) is 0 Å². The Morgan fingerprint density at radius 2 is 2.07 bits per heavy atom. The van der Waals surface area contributed by atoms with Gasteiger partial charge in [0.1, 0.15) is 0 Å². The smallest absolute Gasteiger partial charge is 0.0593 e. The molecule has 0 bridgehead atoms. The van der Waals surface area contributed by atoms with E-state index in [1.54, 1.807) is 18.6 Å². The molecule has 15 heavy (non-hydrogen) atoms. The molecule has 4 heteroatoms. The van der Waals surface area contributed by atoms with Gasteiger partial charge in [-0.3, -0.25) is 9.97 Å². The maximum atomic E-state index is 4.12. The molecule has 0 aromatic carbocycles. The van der Waals surface area contributed by atoms with Crippen molar-refractivity contribution in [1.29, 1.82) is 0 Å². The van der Waals surface area contributed by atoms with Crippen molar-refractivity contribution in [1.82, 2.24) is 9.97 Å². The topological polar surface area (TPSA) is 37.8 Å². The highest BCUT2D eigenvalue weighted by molar-refractivity contribution is 9.10. The maximum absolute atomic E-state index is 4.12. The normalized spacial score (nSPS) is 10.0. The van der Waals surface area contributed by atoms with Crippen LogP contribution in [0, 0.1) is 6.92 Å². The summed E-state index contributed by atoms with van der Waals surface area (Å²) in [4.78, 5) is 8.12. The Labute approximate surface area is 96.7 Å². The van der Waals surface area contributed by atoms with Crippen LogP contribution in [0.2, 0.25) is 0 Å². The predicted octanol–water partition coefficient (Wildman–Crippen LogP) is 3.29. The molecule has 0 saturated heterocycles. The summed E-state index contributed by atoms with van der Waals surface area (Å²) < 4.78 is 0.937. The fourth-order valence-electron chi connectivity index (χ4n) is 1.26. The summed E-state index contributed by atoms with van der Waals surface area (Å²) in [6, 6.07) is 3.95. The Morgan fingerprint density at radius 3 is 2.80 bits per heavy atom. The number of hydrogen-bond acceptors (Lipinski definition) is 3. The molecule has 1 N–H and O–H groups in total. The average molecular weight is 264 g/mol. The lowest BCUT2D eigenvalue weighted by Crippen LogP contribution is -1.93. The molecule has 0 amide bonds. The zero-order chi connectivity index (χ0) is 10.7. The second-order valence-electron chi connectivity index (χ2n) is 3.23. The molecular weight excluding hydrogens is 254 g/mol. The highest BCUT2D eigenvalue weighted by Crippen LogP contribution is 2.24. The number of nitrogens with zero attached hydrogens (tertiary/aromatic N) is 2. The van der Waals surface area contributed by atoms with Crippen molar-refractivity contribution in [3.8, 4) is 0 Å². The lowest BCUT2D eigenvalue weighted by Gasteiger charge is -2.07. The van der Waals surface area contributed by atoms with Crippen molar-refractivity contribution >= 4 is 27.3 Å². The standard InChI is InChI=1S/C11H10BrN3/c1-8-4-9(6-14-5-8)15-11-2-3-13-7-10(11)12/h2-7H,1H3,(H,13,15). The molecule has 76 valence electrons. The van der Waals surface area contributed by atoms with Crippen LogP contribution in [0.25, 0.3) is 0 Å². The van der Waals surface area contributed by atoms with Crippen LogP contribution in [0.15, 0.2) is 41.4 Å². The molecule has 2 aromatic heterocycles. The van der Waals surface area contributed by atoms with Gasteiger partial charge in [0, 0.05) is 18.6 Å². The van der Waals surface area contributed by atoms with E-state index < -0.39 is 0 Å². The van der Waals surface area contributed by atoms with Crippen molar-refractivity contribution in [2.24, 2.45) is 0 Å². The minimum absolute atomic E-state index is 0.937. The fourth-order valence-corrected chi connectivity index (χ4v) is 1.60. The molecule has 2 aromatic rings. The minimum Gasteiger partial charge on any atom is -0.353 e. The Bertz CT molecular complexity index is 471. The lowest BCUT2D eigenvalue weighted by atomic mass is 10.3. The number of nitrogens with one attached hydrogen (secondary N) is 1. The molecule has 2 rings (SSSR count). The third-order valence-electron chi connectivity index (χ3n) is 1.93. The molecule has 3 nitrogen and oxygen atoms in total. The van der Waals surface area contributed by atoms with Gasteiger partial charge in [-0.25, -0.2) is 0 Å². The number of pyridine rings is 2. The van der Waals surface area contributed by atoms with E-state index in [9.17, 15) is 0 Å². The molecule has 0 aliphatic carbocycles. The lowest BCUT2D eigenvalue weighted by molar-refractivity contribution is 1.26. The number of aryl methyl sites for hydroxylation is 1. The van der Waals surface area contributed by atoms with Gasteiger partial charge in [0.05, 0.1) is 22.0 Å². The van der Waals surface area contributed by atoms with Crippen LogP contribution < -0.4 is 5.32 Å². The first-order valence-electron chi connectivity index (χ1n) is 4.54. The van der Waals surface area contributed by atoms with Gasteiger partial charge < -0.3 is 5.32 Å². The van der Waals surface area contributed by atoms with Gasteiger partial charge in [0.2, 0.25) is 0 Å². The van der Waals surface area contributed by atoms with E-state index >= 15 is 0 Å². The van der Waals surface area contributed by atoms with Crippen LogP contribution in [0.5, 0.6) is 0 Å². The summed E-state index contributed by atoms with van der Waals surface area (Å²) in [7, 11) is 0.